The molecular formula is C7H10ClF2O3P. The van der Waals surface area contributed by atoms with E-state index in [-0.39, 0.29) is 0 Å². The van der Waals surface area contributed by atoms with Gasteiger partial charge in [-0.2, -0.15) is 0 Å². The summed E-state index contributed by atoms with van der Waals surface area (Å²) in [5.41, 5.74) is -0.492. The first-order valence-corrected chi connectivity index (χ1v) is 5.76. The van der Waals surface area contributed by atoms with Gasteiger partial charge < -0.3 is 9.05 Å². The fourth-order valence-electron chi connectivity index (χ4n) is 0.443. The van der Waals surface area contributed by atoms with E-state index < -0.39 is 38.1 Å². The molecule has 14 heavy (non-hydrogen) atoms. The van der Waals surface area contributed by atoms with Crippen molar-refractivity contribution in [1.82, 2.24) is 0 Å². The first kappa shape index (κ1) is 13.8. The summed E-state index contributed by atoms with van der Waals surface area (Å²) in [6, 6.07) is 0. The summed E-state index contributed by atoms with van der Waals surface area (Å²) in [5.74, 6) is -1.64. The molecule has 0 saturated carbocycles. The standard InChI is InChI=1S/C7H10ClF2O3P/c1-6(9)3-12-14(11,5-8)13-4-7(2)10/h1-5H2. The fourth-order valence-corrected chi connectivity index (χ4v) is 1.74. The lowest BCUT2D eigenvalue weighted by Crippen LogP contribution is -2.00. The SMILES string of the molecule is C=C(F)COP(=O)(CCl)OCC(=C)F. The lowest BCUT2D eigenvalue weighted by molar-refractivity contribution is 0.215. The molecule has 0 aliphatic rings. The summed E-state index contributed by atoms with van der Waals surface area (Å²) in [6.07, 6.45) is 0. The monoisotopic (exact) mass is 246 g/mol. The predicted octanol–water partition coefficient (Wildman–Crippen LogP) is 3.38. The van der Waals surface area contributed by atoms with Crippen LogP contribution in [0.4, 0.5) is 8.78 Å². The Morgan fingerprint density at radius 3 is 1.79 bits per heavy atom. The Morgan fingerprint density at radius 2 is 1.57 bits per heavy atom. The van der Waals surface area contributed by atoms with E-state index in [2.05, 4.69) is 22.2 Å². The topological polar surface area (TPSA) is 35.5 Å². The summed E-state index contributed by atoms with van der Waals surface area (Å²) < 4.78 is 44.7. The molecule has 3 nitrogen and oxygen atoms in total. The first-order chi connectivity index (χ1) is 6.39. The summed E-state index contributed by atoms with van der Waals surface area (Å²) in [7, 11) is -3.64. The minimum Gasteiger partial charge on any atom is -0.300 e. The molecule has 0 saturated heterocycles. The smallest absolute Gasteiger partial charge is 0.300 e. The average Bonchev–Trinajstić information content (AvgIpc) is 2.11. The Balaban J connectivity index is 4.11. The second kappa shape index (κ2) is 6.30. The third kappa shape index (κ3) is 6.27. The van der Waals surface area contributed by atoms with Crippen molar-refractivity contribution in [3.8, 4) is 0 Å². The molecule has 0 rings (SSSR count). The highest BCUT2D eigenvalue weighted by molar-refractivity contribution is 7.55. The average molecular weight is 247 g/mol. The van der Waals surface area contributed by atoms with Gasteiger partial charge in [0.25, 0.3) is 0 Å². The van der Waals surface area contributed by atoms with Crippen molar-refractivity contribution in [2.24, 2.45) is 0 Å². The number of rotatable bonds is 7. The Morgan fingerprint density at radius 1 is 1.21 bits per heavy atom. The molecule has 0 heterocycles. The zero-order valence-corrected chi connectivity index (χ0v) is 8.99. The molecular weight excluding hydrogens is 236 g/mol. The van der Waals surface area contributed by atoms with Crippen molar-refractivity contribution in [2.75, 3.05) is 18.8 Å². The summed E-state index contributed by atoms with van der Waals surface area (Å²) >= 11 is 5.26. The highest BCUT2D eigenvalue weighted by Gasteiger charge is 2.24. The molecule has 0 aromatic carbocycles. The maximum absolute atomic E-state index is 12.1. The van der Waals surface area contributed by atoms with Crippen LogP contribution in [0.25, 0.3) is 0 Å². The number of alkyl halides is 1. The van der Waals surface area contributed by atoms with Gasteiger partial charge in [-0.1, -0.05) is 13.2 Å². The van der Waals surface area contributed by atoms with Gasteiger partial charge in [-0.25, -0.2) is 8.78 Å². The molecule has 0 amide bonds. The molecule has 0 aromatic heterocycles. The molecule has 7 heteroatoms. The Bertz CT molecular complexity index is 248. The Kier molecular flexibility index (Phi) is 6.20. The van der Waals surface area contributed by atoms with Crippen LogP contribution in [-0.2, 0) is 13.6 Å². The fraction of sp³-hybridized carbons (Fsp3) is 0.429. The van der Waals surface area contributed by atoms with Crippen LogP contribution in [0.15, 0.2) is 24.8 Å². The van der Waals surface area contributed by atoms with Crippen LogP contribution >= 0.6 is 19.2 Å². The molecule has 82 valence electrons. The van der Waals surface area contributed by atoms with Crippen LogP contribution in [-0.4, -0.2) is 18.8 Å². The van der Waals surface area contributed by atoms with E-state index in [0.717, 1.165) is 0 Å². The lowest BCUT2D eigenvalue weighted by atomic mass is 10.7. The minimum atomic E-state index is -3.64. The summed E-state index contributed by atoms with van der Waals surface area (Å²) in [4.78, 5) is 0. The summed E-state index contributed by atoms with van der Waals surface area (Å²) in [6.45, 7) is 4.58. The second-order valence-corrected chi connectivity index (χ2v) is 5.01. The van der Waals surface area contributed by atoms with Gasteiger partial charge in [0.15, 0.2) is 0 Å². The highest BCUT2D eigenvalue weighted by Crippen LogP contribution is 2.49. The lowest BCUT2D eigenvalue weighted by Gasteiger charge is -2.14. The third-order valence-electron chi connectivity index (χ3n) is 0.982. The maximum atomic E-state index is 12.1. The van der Waals surface area contributed by atoms with Gasteiger partial charge in [-0.3, -0.25) is 4.57 Å². The minimum absolute atomic E-state index is 0.492. The van der Waals surface area contributed by atoms with Crippen LogP contribution < -0.4 is 0 Å². The van der Waals surface area contributed by atoms with Gasteiger partial charge in [0.2, 0.25) is 0 Å². The van der Waals surface area contributed by atoms with E-state index >= 15 is 0 Å². The largest absolute Gasteiger partial charge is 0.346 e. The van der Waals surface area contributed by atoms with Crippen molar-refractivity contribution in [3.63, 3.8) is 0 Å². The molecule has 0 atom stereocenters. The molecule has 0 N–H and O–H groups in total. The van der Waals surface area contributed by atoms with E-state index in [1.807, 2.05) is 0 Å². The van der Waals surface area contributed by atoms with E-state index in [0.29, 0.717) is 0 Å². The van der Waals surface area contributed by atoms with E-state index in [1.165, 1.54) is 0 Å². The zero-order chi connectivity index (χ0) is 11.2. The van der Waals surface area contributed by atoms with Gasteiger partial charge in [0, 0.05) is 0 Å². The van der Waals surface area contributed by atoms with Gasteiger partial charge in [0.1, 0.15) is 30.5 Å². The van der Waals surface area contributed by atoms with Crippen molar-refractivity contribution >= 4 is 19.2 Å². The molecule has 0 aromatic rings. The maximum Gasteiger partial charge on any atom is 0.346 e. The van der Waals surface area contributed by atoms with Crippen molar-refractivity contribution in [3.05, 3.63) is 24.8 Å². The van der Waals surface area contributed by atoms with Crippen molar-refractivity contribution < 1.29 is 22.4 Å². The molecule has 0 bridgehead atoms. The first-order valence-electron chi connectivity index (χ1n) is 3.50. The van der Waals surface area contributed by atoms with E-state index in [1.54, 1.807) is 0 Å². The highest BCUT2D eigenvalue weighted by atomic mass is 35.5. The molecule has 0 aliphatic carbocycles. The molecule has 0 unspecified atom stereocenters. The number of hydrogen-bond donors (Lipinski definition) is 0. The molecule has 0 fully saturated rings. The normalized spacial score (nSPS) is 11.4. The van der Waals surface area contributed by atoms with Crippen LogP contribution in [0, 0.1) is 0 Å². The second-order valence-electron chi connectivity index (χ2n) is 2.31. The van der Waals surface area contributed by atoms with Crippen LogP contribution in [0.2, 0.25) is 0 Å². The van der Waals surface area contributed by atoms with Gasteiger partial charge in [-0.05, 0) is 0 Å². The van der Waals surface area contributed by atoms with Crippen molar-refractivity contribution in [1.29, 1.82) is 0 Å². The Labute approximate surface area is 85.9 Å². The summed E-state index contributed by atoms with van der Waals surface area (Å²) in [5, 5.41) is 0. The van der Waals surface area contributed by atoms with Crippen LogP contribution in [0.1, 0.15) is 0 Å². The van der Waals surface area contributed by atoms with Crippen molar-refractivity contribution in [2.45, 2.75) is 0 Å². The number of halogens is 3. The Hall–Kier alpha value is -0.220. The van der Waals surface area contributed by atoms with E-state index in [4.69, 9.17) is 11.6 Å². The van der Waals surface area contributed by atoms with Crippen LogP contribution in [0.5, 0.6) is 0 Å². The molecule has 0 radical (unpaired) electrons. The van der Waals surface area contributed by atoms with Gasteiger partial charge in [0.05, 0.1) is 0 Å². The van der Waals surface area contributed by atoms with E-state index in [9.17, 15) is 13.3 Å². The molecule has 0 aliphatic heterocycles. The zero-order valence-electron chi connectivity index (χ0n) is 7.34. The molecule has 0 spiro atoms. The quantitative estimate of drug-likeness (QED) is 0.510. The van der Waals surface area contributed by atoms with Gasteiger partial charge >= 0.3 is 7.60 Å². The predicted molar refractivity (Wildman–Crippen MR) is 50.7 cm³/mol. The van der Waals surface area contributed by atoms with Crippen LogP contribution in [0.3, 0.4) is 0 Å². The number of hydrogen-bond acceptors (Lipinski definition) is 3. The van der Waals surface area contributed by atoms with Gasteiger partial charge in [-0.15, -0.1) is 11.6 Å². The third-order valence-corrected chi connectivity index (χ3v) is 3.20.